The highest BCUT2D eigenvalue weighted by molar-refractivity contribution is 5.53. The van der Waals surface area contributed by atoms with Crippen molar-refractivity contribution in [1.29, 1.82) is 0 Å². The number of likely N-dealkylation sites (N-methyl/N-ethyl adjacent to an activating group) is 1. The molecule has 0 saturated heterocycles. The van der Waals surface area contributed by atoms with Gasteiger partial charge >= 0.3 is 0 Å². The summed E-state index contributed by atoms with van der Waals surface area (Å²) >= 11 is 0. The highest BCUT2D eigenvalue weighted by atomic mass is 19.1. The fourth-order valence-electron chi connectivity index (χ4n) is 1.98. The number of halogens is 1. The van der Waals surface area contributed by atoms with Gasteiger partial charge in [-0.15, -0.1) is 0 Å². The first-order valence-corrected chi connectivity index (χ1v) is 6.33. The summed E-state index contributed by atoms with van der Waals surface area (Å²) in [7, 11) is 1.86. The maximum absolute atomic E-state index is 12.8. The van der Waals surface area contributed by atoms with Crippen molar-refractivity contribution in [2.24, 2.45) is 0 Å². The Bertz CT molecular complexity index is 561. The molecule has 0 amide bonds. The van der Waals surface area contributed by atoms with E-state index in [9.17, 15) is 9.50 Å². The number of hydrogen-bond donors (Lipinski definition) is 1. The summed E-state index contributed by atoms with van der Waals surface area (Å²) in [6, 6.07) is 5.91. The molecule has 0 saturated carbocycles. The minimum atomic E-state index is -0.783. The lowest BCUT2D eigenvalue weighted by Gasteiger charge is -2.23. The predicted molar refractivity (Wildman–Crippen MR) is 72.3 cm³/mol. The van der Waals surface area contributed by atoms with E-state index in [1.54, 1.807) is 26.0 Å². The third-order valence-electron chi connectivity index (χ3n) is 2.63. The zero-order valence-corrected chi connectivity index (χ0v) is 11.8. The highest BCUT2D eigenvalue weighted by Crippen LogP contribution is 2.17. The van der Waals surface area contributed by atoms with Gasteiger partial charge in [0.2, 0.25) is 11.7 Å². The van der Waals surface area contributed by atoms with Crippen LogP contribution in [0.25, 0.3) is 11.4 Å². The predicted octanol–water partition coefficient (Wildman–Crippen LogP) is 2.08. The summed E-state index contributed by atoms with van der Waals surface area (Å²) in [5.41, 5.74) is -0.0827. The first-order chi connectivity index (χ1) is 9.33. The molecule has 6 heteroatoms. The molecule has 1 aromatic heterocycles. The van der Waals surface area contributed by atoms with E-state index >= 15 is 0 Å². The van der Waals surface area contributed by atoms with Crippen LogP contribution in [0.5, 0.6) is 0 Å². The molecule has 2 aromatic rings. The summed E-state index contributed by atoms with van der Waals surface area (Å²) in [6.45, 7) is 4.40. The van der Waals surface area contributed by atoms with Gasteiger partial charge in [-0.1, -0.05) is 5.16 Å². The Labute approximate surface area is 117 Å². The average molecular weight is 279 g/mol. The van der Waals surface area contributed by atoms with Crippen LogP contribution in [0.1, 0.15) is 19.7 Å². The fraction of sp³-hybridized carbons (Fsp3) is 0.429. The summed E-state index contributed by atoms with van der Waals surface area (Å²) < 4.78 is 18.0. The van der Waals surface area contributed by atoms with Gasteiger partial charge in [-0.05, 0) is 45.2 Å². The van der Waals surface area contributed by atoms with Crippen LogP contribution in [0.4, 0.5) is 4.39 Å². The van der Waals surface area contributed by atoms with Crippen LogP contribution >= 0.6 is 0 Å². The molecule has 20 heavy (non-hydrogen) atoms. The van der Waals surface area contributed by atoms with E-state index in [-0.39, 0.29) is 5.82 Å². The van der Waals surface area contributed by atoms with Gasteiger partial charge in [-0.2, -0.15) is 4.98 Å². The molecule has 0 aliphatic rings. The van der Waals surface area contributed by atoms with Gasteiger partial charge in [0, 0.05) is 12.1 Å². The van der Waals surface area contributed by atoms with Gasteiger partial charge < -0.3 is 9.63 Å². The van der Waals surface area contributed by atoms with Crippen LogP contribution in [0.2, 0.25) is 0 Å². The summed E-state index contributed by atoms with van der Waals surface area (Å²) in [6.07, 6.45) is 0. The second kappa shape index (κ2) is 5.68. The average Bonchev–Trinajstić information content (AvgIpc) is 2.75. The Morgan fingerprint density at radius 1 is 1.30 bits per heavy atom. The Kier molecular flexibility index (Phi) is 4.15. The van der Waals surface area contributed by atoms with Crippen LogP contribution in [-0.2, 0) is 6.54 Å². The molecule has 2 rings (SSSR count). The van der Waals surface area contributed by atoms with Gasteiger partial charge in [0.25, 0.3) is 0 Å². The molecule has 1 heterocycles. The first-order valence-electron chi connectivity index (χ1n) is 6.33. The van der Waals surface area contributed by atoms with E-state index in [1.165, 1.54) is 12.1 Å². The number of aromatic nitrogens is 2. The lowest BCUT2D eigenvalue weighted by molar-refractivity contribution is 0.0397. The van der Waals surface area contributed by atoms with Gasteiger partial charge in [-0.25, -0.2) is 4.39 Å². The molecule has 0 unspecified atom stereocenters. The minimum Gasteiger partial charge on any atom is -0.389 e. The van der Waals surface area contributed by atoms with Crippen molar-refractivity contribution in [3.63, 3.8) is 0 Å². The van der Waals surface area contributed by atoms with E-state index in [1.807, 2.05) is 11.9 Å². The van der Waals surface area contributed by atoms with Crippen LogP contribution in [-0.4, -0.2) is 39.3 Å². The number of nitrogens with zero attached hydrogens (tertiary/aromatic N) is 3. The maximum atomic E-state index is 12.8. The van der Waals surface area contributed by atoms with Crippen molar-refractivity contribution in [1.82, 2.24) is 15.0 Å². The molecule has 0 fully saturated rings. The van der Waals surface area contributed by atoms with Crippen molar-refractivity contribution < 1.29 is 14.0 Å². The smallest absolute Gasteiger partial charge is 0.241 e. The molecule has 0 aliphatic heterocycles. The maximum Gasteiger partial charge on any atom is 0.241 e. The second-order valence-corrected chi connectivity index (χ2v) is 5.50. The largest absolute Gasteiger partial charge is 0.389 e. The quantitative estimate of drug-likeness (QED) is 0.908. The van der Waals surface area contributed by atoms with E-state index in [0.29, 0.717) is 30.4 Å². The molecule has 0 radical (unpaired) electrons. The van der Waals surface area contributed by atoms with Gasteiger partial charge in [0.15, 0.2) is 0 Å². The Hall–Kier alpha value is -1.79. The van der Waals surface area contributed by atoms with Crippen LogP contribution in [0.15, 0.2) is 28.8 Å². The van der Waals surface area contributed by atoms with Crippen LogP contribution in [0.3, 0.4) is 0 Å². The third kappa shape index (κ3) is 4.11. The van der Waals surface area contributed by atoms with Crippen molar-refractivity contribution in [3.05, 3.63) is 36.0 Å². The third-order valence-corrected chi connectivity index (χ3v) is 2.63. The van der Waals surface area contributed by atoms with Gasteiger partial charge in [0.1, 0.15) is 5.82 Å². The van der Waals surface area contributed by atoms with Crippen molar-refractivity contribution in [2.45, 2.75) is 26.0 Å². The molecule has 0 atom stereocenters. The van der Waals surface area contributed by atoms with E-state index < -0.39 is 5.60 Å². The van der Waals surface area contributed by atoms with E-state index in [2.05, 4.69) is 10.1 Å². The molecule has 0 aliphatic carbocycles. The lowest BCUT2D eigenvalue weighted by Crippen LogP contribution is -2.35. The molecule has 0 bridgehead atoms. The number of benzene rings is 1. The number of hydrogen-bond acceptors (Lipinski definition) is 5. The van der Waals surface area contributed by atoms with Crippen molar-refractivity contribution >= 4 is 0 Å². The Morgan fingerprint density at radius 3 is 2.55 bits per heavy atom. The summed E-state index contributed by atoms with van der Waals surface area (Å²) in [5, 5.41) is 13.6. The van der Waals surface area contributed by atoms with Crippen LogP contribution in [0, 0.1) is 5.82 Å². The molecule has 5 nitrogen and oxygen atoms in total. The Balaban J connectivity index is 2.04. The number of aliphatic hydroxyl groups is 1. The van der Waals surface area contributed by atoms with E-state index in [0.717, 1.165) is 0 Å². The summed E-state index contributed by atoms with van der Waals surface area (Å²) in [4.78, 5) is 6.15. The first kappa shape index (κ1) is 14.6. The zero-order chi connectivity index (χ0) is 14.8. The van der Waals surface area contributed by atoms with Crippen molar-refractivity contribution in [2.75, 3.05) is 13.6 Å². The monoisotopic (exact) mass is 279 g/mol. The van der Waals surface area contributed by atoms with Gasteiger partial charge in [0.05, 0.1) is 12.1 Å². The normalized spacial score (nSPS) is 12.1. The molecule has 0 spiro atoms. The molecule has 108 valence electrons. The standard InChI is InChI=1S/C14H18FN3O2/c1-14(2,19)9-18(3)8-12-16-13(17-20-12)10-4-6-11(15)7-5-10/h4-7,19H,8-9H2,1-3H3. The Morgan fingerprint density at radius 2 is 1.95 bits per heavy atom. The minimum absolute atomic E-state index is 0.303. The molecular formula is C14H18FN3O2. The molecular weight excluding hydrogens is 261 g/mol. The van der Waals surface area contributed by atoms with Gasteiger partial charge in [-0.3, -0.25) is 4.90 Å². The fourth-order valence-corrected chi connectivity index (χ4v) is 1.98. The lowest BCUT2D eigenvalue weighted by atomic mass is 10.1. The molecule has 1 aromatic carbocycles. The van der Waals surface area contributed by atoms with Crippen molar-refractivity contribution in [3.8, 4) is 11.4 Å². The topological polar surface area (TPSA) is 62.4 Å². The summed E-state index contributed by atoms with van der Waals surface area (Å²) in [5.74, 6) is 0.579. The second-order valence-electron chi connectivity index (χ2n) is 5.50. The zero-order valence-electron chi connectivity index (χ0n) is 11.8. The number of rotatable bonds is 5. The SMILES string of the molecule is CN(Cc1nc(-c2ccc(F)cc2)no1)CC(C)(C)O. The molecule has 1 N–H and O–H groups in total. The van der Waals surface area contributed by atoms with E-state index in [4.69, 9.17) is 4.52 Å². The van der Waals surface area contributed by atoms with Crippen LogP contribution < -0.4 is 0 Å². The highest BCUT2D eigenvalue weighted by Gasteiger charge is 2.18.